The van der Waals surface area contributed by atoms with Gasteiger partial charge in [0.1, 0.15) is 0 Å². The molecule has 134 valence electrons. The van der Waals surface area contributed by atoms with E-state index < -0.39 is 0 Å². The van der Waals surface area contributed by atoms with E-state index in [1.807, 2.05) is 48.0 Å². The van der Waals surface area contributed by atoms with Crippen molar-refractivity contribution < 1.29 is 0 Å². The van der Waals surface area contributed by atoms with Gasteiger partial charge in [-0.25, -0.2) is 9.67 Å². The third-order valence-electron chi connectivity index (χ3n) is 3.73. The van der Waals surface area contributed by atoms with Crippen LogP contribution in [0.25, 0.3) is 17.0 Å². The first-order valence-electron chi connectivity index (χ1n) is 7.83. The zero-order chi connectivity index (χ0) is 18.6. The summed E-state index contributed by atoms with van der Waals surface area (Å²) in [5, 5.41) is 15.7. The lowest BCUT2D eigenvalue weighted by Gasteiger charge is -2.06. The number of aryl methyl sites for hydroxylation is 1. The molecule has 0 N–H and O–H groups in total. The van der Waals surface area contributed by atoms with Crippen molar-refractivity contribution in [1.29, 1.82) is 0 Å². The number of fused-ring (bicyclic) bond motifs is 1. The molecule has 0 unspecified atom stereocenters. The fourth-order valence-corrected chi connectivity index (χ4v) is 3.94. The zero-order valence-electron chi connectivity index (χ0n) is 14.1. The average molecular weight is 505 g/mol. The van der Waals surface area contributed by atoms with Gasteiger partial charge in [0, 0.05) is 45.8 Å². The molecule has 0 saturated carbocycles. The van der Waals surface area contributed by atoms with E-state index in [-0.39, 0.29) is 0 Å². The molecule has 0 fully saturated rings. The molecule has 0 aliphatic carbocycles. The van der Waals surface area contributed by atoms with Gasteiger partial charge in [0.25, 0.3) is 5.95 Å². The Bertz CT molecular complexity index is 1140. The third-order valence-corrected chi connectivity index (χ3v) is 5.54. The van der Waals surface area contributed by atoms with E-state index in [9.17, 15) is 0 Å². The average Bonchev–Trinajstić information content (AvgIpc) is 3.27. The van der Waals surface area contributed by atoms with Gasteiger partial charge < -0.3 is 0 Å². The van der Waals surface area contributed by atoms with Gasteiger partial charge in [-0.1, -0.05) is 28.8 Å². The number of tetrazole rings is 1. The molecule has 3 aromatic heterocycles. The highest BCUT2D eigenvalue weighted by molar-refractivity contribution is 14.2. The fraction of sp³-hybridized carbons (Fsp3) is 0.118. The van der Waals surface area contributed by atoms with Crippen LogP contribution in [0.2, 0.25) is 0 Å². The minimum Gasteiger partial charge on any atom is -0.260 e. The molecule has 4 rings (SSSR count). The summed E-state index contributed by atoms with van der Waals surface area (Å²) < 4.78 is 3.59. The molecule has 0 spiro atoms. The van der Waals surface area contributed by atoms with Crippen LogP contribution in [0.4, 0.5) is 0 Å². The quantitative estimate of drug-likeness (QED) is 0.238. The van der Waals surface area contributed by atoms with Crippen LogP contribution in [-0.2, 0) is 12.8 Å². The molecule has 1 aromatic carbocycles. The van der Waals surface area contributed by atoms with Crippen LogP contribution in [0.1, 0.15) is 11.3 Å². The first-order valence-corrected chi connectivity index (χ1v) is 12.2. The van der Waals surface area contributed by atoms with Crippen LogP contribution in [0.5, 0.6) is 0 Å². The van der Waals surface area contributed by atoms with Crippen molar-refractivity contribution in [1.82, 2.24) is 34.7 Å². The summed E-state index contributed by atoms with van der Waals surface area (Å²) in [6, 6.07) is 11.9. The van der Waals surface area contributed by atoms with E-state index in [1.165, 1.54) is 8.93 Å². The highest BCUT2D eigenvalue weighted by atomic mass is 127. The number of hydrogen-bond donors (Lipinski definition) is 0. The Morgan fingerprint density at radius 2 is 2.15 bits per heavy atom. The summed E-state index contributed by atoms with van der Waals surface area (Å²) in [6.45, 7) is 0. The molecule has 10 heteroatoms. The van der Waals surface area contributed by atoms with Crippen molar-refractivity contribution in [2.75, 3.05) is 0 Å². The van der Waals surface area contributed by atoms with Gasteiger partial charge in [0.15, 0.2) is 5.16 Å². The van der Waals surface area contributed by atoms with Gasteiger partial charge in [0.2, 0.25) is 0 Å². The van der Waals surface area contributed by atoms with Crippen molar-refractivity contribution in [2.24, 2.45) is 7.05 Å². The fourth-order valence-electron chi connectivity index (χ4n) is 2.54. The minimum atomic E-state index is 0.606. The topological polar surface area (TPSA) is 74.3 Å². The summed E-state index contributed by atoms with van der Waals surface area (Å²) in [4.78, 5) is 9.16. The predicted octanol–water partition coefficient (Wildman–Crippen LogP) is 3.63. The van der Waals surface area contributed by atoms with E-state index >= 15 is 0 Å². The zero-order valence-corrected chi connectivity index (χ0v) is 17.9. The van der Waals surface area contributed by atoms with Crippen molar-refractivity contribution in [3.63, 3.8) is 0 Å². The maximum atomic E-state index is 4.78. The van der Waals surface area contributed by atoms with Crippen molar-refractivity contribution in [2.45, 2.75) is 10.9 Å². The molecule has 0 atom stereocenters. The number of aromatic nitrogens is 7. The number of nitrogens with zero attached hydrogens (tertiary/aromatic N) is 7. The summed E-state index contributed by atoms with van der Waals surface area (Å²) in [5.74, 6) is 4.44. The van der Waals surface area contributed by atoms with Crippen LogP contribution in [0, 0.1) is 11.2 Å². The Balaban J connectivity index is 1.81. The van der Waals surface area contributed by atoms with Crippen LogP contribution >= 0.6 is 41.9 Å². The Morgan fingerprint density at radius 1 is 1.22 bits per heavy atom. The number of rotatable bonds is 4. The second kappa shape index (κ2) is 8.28. The monoisotopic (exact) mass is 505 g/mol. The Hall–Kier alpha value is -2.10. The van der Waals surface area contributed by atoms with Crippen LogP contribution in [0.15, 0.2) is 47.8 Å². The standard InChI is InChI=1S/C17H12IN7S2/c1-24-16(21-22-23-24)25-15-10-12(7-9-27-18)5-6-14(15)20-17(25)26-11-13-4-2-3-8-19-13/h2-6,8,10H,11H2,1H3. The van der Waals surface area contributed by atoms with E-state index in [0.717, 1.165) is 27.4 Å². The first-order chi connectivity index (χ1) is 13.3. The summed E-state index contributed by atoms with van der Waals surface area (Å²) in [7, 11) is 3.27. The smallest absolute Gasteiger partial charge is 0.256 e. The molecule has 0 radical (unpaired) electrons. The molecule has 0 saturated heterocycles. The van der Waals surface area contributed by atoms with Gasteiger partial charge >= 0.3 is 0 Å². The number of benzene rings is 1. The summed E-state index contributed by atoms with van der Waals surface area (Å²) in [6.07, 6.45) is 1.79. The molecule has 0 aliphatic rings. The second-order valence-corrected chi connectivity index (χ2v) is 8.07. The van der Waals surface area contributed by atoms with Crippen molar-refractivity contribution >= 4 is 52.9 Å². The molecule has 3 heterocycles. The second-order valence-electron chi connectivity index (χ2n) is 5.45. The van der Waals surface area contributed by atoms with Gasteiger partial charge in [-0.2, -0.15) is 0 Å². The molecule has 0 amide bonds. The van der Waals surface area contributed by atoms with Crippen LogP contribution in [-0.4, -0.2) is 34.7 Å². The first kappa shape index (κ1) is 18.3. The maximum Gasteiger partial charge on any atom is 0.256 e. The molecule has 4 aromatic rings. The number of pyridine rings is 1. The van der Waals surface area contributed by atoms with Crippen LogP contribution < -0.4 is 0 Å². The molecular formula is C17H12IN7S2. The Labute approximate surface area is 175 Å². The highest BCUT2D eigenvalue weighted by Gasteiger charge is 2.17. The minimum absolute atomic E-state index is 0.606. The van der Waals surface area contributed by atoms with Gasteiger partial charge in [-0.05, 0) is 54.9 Å². The van der Waals surface area contributed by atoms with E-state index in [2.05, 4.69) is 52.9 Å². The highest BCUT2D eigenvalue weighted by Crippen LogP contribution is 2.29. The van der Waals surface area contributed by atoms with Gasteiger partial charge in [0.05, 0.1) is 16.7 Å². The SMILES string of the molecule is Cn1nnnc1-n1c(SCc2ccccn2)nc2ccc(C#CSI)cc21. The predicted molar refractivity (Wildman–Crippen MR) is 116 cm³/mol. The van der Waals surface area contributed by atoms with Crippen LogP contribution in [0.3, 0.4) is 0 Å². The molecule has 27 heavy (non-hydrogen) atoms. The van der Waals surface area contributed by atoms with E-state index in [4.69, 9.17) is 4.98 Å². The van der Waals surface area contributed by atoms with Gasteiger partial charge in [-0.15, -0.1) is 0 Å². The van der Waals surface area contributed by atoms with Crippen molar-refractivity contribution in [3.05, 3.63) is 53.9 Å². The lowest BCUT2D eigenvalue weighted by molar-refractivity contribution is 0.682. The Morgan fingerprint density at radius 3 is 2.89 bits per heavy atom. The third kappa shape index (κ3) is 3.95. The summed E-state index contributed by atoms with van der Waals surface area (Å²) in [5.41, 5.74) is 3.70. The summed E-state index contributed by atoms with van der Waals surface area (Å²) >= 11 is 3.75. The molecular weight excluding hydrogens is 493 g/mol. The molecule has 0 bridgehead atoms. The van der Waals surface area contributed by atoms with Crippen molar-refractivity contribution in [3.8, 4) is 17.1 Å². The normalized spacial score (nSPS) is 10.7. The van der Waals surface area contributed by atoms with Gasteiger partial charge in [-0.3, -0.25) is 9.55 Å². The lowest BCUT2D eigenvalue weighted by atomic mass is 10.2. The Kier molecular flexibility index (Phi) is 5.61. The number of hydrogen-bond acceptors (Lipinski definition) is 7. The number of thioether (sulfide) groups is 1. The number of halogens is 1. The van der Waals surface area contributed by atoms with E-state index in [0.29, 0.717) is 11.7 Å². The van der Waals surface area contributed by atoms with E-state index in [1.54, 1.807) is 22.6 Å². The largest absolute Gasteiger partial charge is 0.260 e. The molecule has 0 aliphatic heterocycles. The molecule has 7 nitrogen and oxygen atoms in total. The number of imidazole rings is 1. The lowest BCUT2D eigenvalue weighted by Crippen LogP contribution is -2.06. The maximum absolute atomic E-state index is 4.78.